The lowest BCUT2D eigenvalue weighted by Crippen LogP contribution is -2.37. The van der Waals surface area contributed by atoms with E-state index in [9.17, 15) is 9.59 Å². The van der Waals surface area contributed by atoms with E-state index in [4.69, 9.17) is 10.2 Å². The Hall–Kier alpha value is -3.29. The van der Waals surface area contributed by atoms with Crippen molar-refractivity contribution in [3.63, 3.8) is 0 Å². The van der Waals surface area contributed by atoms with Crippen LogP contribution >= 0.6 is 0 Å². The second kappa shape index (κ2) is 7.38. The van der Waals surface area contributed by atoms with Crippen molar-refractivity contribution in [1.29, 1.82) is 0 Å². The molecule has 3 aromatic rings. The SMILES string of the molecule is CN(Cc1ncc(C(C)(C)C)o1)c1c(N)n(Cc2ccccc2)c(=O)[nH]c1=O. The second-order valence-corrected chi connectivity index (χ2v) is 7.79. The minimum Gasteiger partial charge on any atom is -0.443 e. The molecule has 0 aliphatic rings. The Kier molecular flexibility index (Phi) is 5.13. The highest BCUT2D eigenvalue weighted by Gasteiger charge is 2.21. The zero-order valence-electron chi connectivity index (χ0n) is 16.5. The number of anilines is 2. The number of oxazole rings is 1. The van der Waals surface area contributed by atoms with E-state index in [2.05, 4.69) is 9.97 Å². The van der Waals surface area contributed by atoms with Crippen LogP contribution in [0.1, 0.15) is 38.0 Å². The topological polar surface area (TPSA) is 110 Å². The van der Waals surface area contributed by atoms with E-state index in [0.29, 0.717) is 5.89 Å². The van der Waals surface area contributed by atoms with Gasteiger partial charge in [-0.3, -0.25) is 14.3 Å². The van der Waals surface area contributed by atoms with Crippen molar-refractivity contribution in [2.24, 2.45) is 0 Å². The maximum absolute atomic E-state index is 12.4. The summed E-state index contributed by atoms with van der Waals surface area (Å²) in [6.45, 7) is 6.60. The average molecular weight is 383 g/mol. The predicted molar refractivity (Wildman–Crippen MR) is 109 cm³/mol. The van der Waals surface area contributed by atoms with Gasteiger partial charge in [-0.05, 0) is 5.56 Å². The van der Waals surface area contributed by atoms with Crippen molar-refractivity contribution in [2.45, 2.75) is 39.3 Å². The molecular weight excluding hydrogens is 358 g/mol. The summed E-state index contributed by atoms with van der Waals surface area (Å²) in [5, 5.41) is 0. The molecule has 0 aliphatic heterocycles. The van der Waals surface area contributed by atoms with E-state index in [1.165, 1.54) is 4.57 Å². The highest BCUT2D eigenvalue weighted by molar-refractivity contribution is 5.62. The van der Waals surface area contributed by atoms with Crippen LogP contribution in [-0.2, 0) is 18.5 Å². The molecule has 148 valence electrons. The van der Waals surface area contributed by atoms with Crippen molar-refractivity contribution in [3.8, 4) is 0 Å². The summed E-state index contributed by atoms with van der Waals surface area (Å²) < 4.78 is 7.14. The van der Waals surface area contributed by atoms with Crippen LogP contribution in [0.5, 0.6) is 0 Å². The lowest BCUT2D eigenvalue weighted by atomic mass is 9.94. The van der Waals surface area contributed by atoms with Crippen molar-refractivity contribution in [3.05, 3.63) is 74.6 Å². The Morgan fingerprint density at radius 3 is 2.50 bits per heavy atom. The van der Waals surface area contributed by atoms with E-state index in [1.54, 1.807) is 18.1 Å². The van der Waals surface area contributed by atoms with E-state index >= 15 is 0 Å². The Bertz CT molecular complexity index is 1070. The molecule has 0 spiro atoms. The van der Waals surface area contributed by atoms with Crippen LogP contribution in [0.25, 0.3) is 0 Å². The maximum Gasteiger partial charge on any atom is 0.330 e. The van der Waals surface area contributed by atoms with Crippen LogP contribution in [0.4, 0.5) is 11.5 Å². The summed E-state index contributed by atoms with van der Waals surface area (Å²) in [6.07, 6.45) is 1.69. The molecule has 0 bridgehead atoms. The number of nitrogens with zero attached hydrogens (tertiary/aromatic N) is 3. The van der Waals surface area contributed by atoms with Gasteiger partial charge in [0.2, 0.25) is 5.89 Å². The molecule has 0 aliphatic carbocycles. The summed E-state index contributed by atoms with van der Waals surface area (Å²) in [6, 6.07) is 9.43. The monoisotopic (exact) mass is 383 g/mol. The molecule has 8 heteroatoms. The van der Waals surface area contributed by atoms with Crippen LogP contribution in [0.3, 0.4) is 0 Å². The number of rotatable bonds is 5. The largest absolute Gasteiger partial charge is 0.443 e. The zero-order valence-corrected chi connectivity index (χ0v) is 16.5. The predicted octanol–water partition coefficient (Wildman–Crippen LogP) is 2.09. The lowest BCUT2D eigenvalue weighted by molar-refractivity contribution is 0.381. The van der Waals surface area contributed by atoms with Gasteiger partial charge in [0.15, 0.2) is 0 Å². The smallest absolute Gasteiger partial charge is 0.330 e. The van der Waals surface area contributed by atoms with Gasteiger partial charge in [0.1, 0.15) is 17.3 Å². The van der Waals surface area contributed by atoms with E-state index in [-0.39, 0.29) is 30.0 Å². The minimum absolute atomic E-state index is 0.0997. The number of hydrogen-bond acceptors (Lipinski definition) is 6. The quantitative estimate of drug-likeness (QED) is 0.698. The number of aromatic amines is 1. The molecule has 3 rings (SSSR count). The van der Waals surface area contributed by atoms with Gasteiger partial charge in [0.05, 0.1) is 19.3 Å². The molecule has 0 fully saturated rings. The number of aromatic nitrogens is 3. The second-order valence-electron chi connectivity index (χ2n) is 7.79. The first-order valence-corrected chi connectivity index (χ1v) is 8.99. The highest BCUT2D eigenvalue weighted by atomic mass is 16.4. The van der Waals surface area contributed by atoms with Crippen LogP contribution < -0.4 is 21.9 Å². The van der Waals surface area contributed by atoms with Gasteiger partial charge in [-0.2, -0.15) is 0 Å². The molecule has 0 atom stereocenters. The number of hydrogen-bond donors (Lipinski definition) is 2. The molecule has 1 aromatic carbocycles. The molecule has 0 amide bonds. The van der Waals surface area contributed by atoms with Gasteiger partial charge in [-0.25, -0.2) is 9.78 Å². The molecule has 0 radical (unpaired) electrons. The Labute approximate surface area is 162 Å². The van der Waals surface area contributed by atoms with Crippen LogP contribution in [0.15, 0.2) is 50.5 Å². The fraction of sp³-hybridized carbons (Fsp3) is 0.350. The maximum atomic E-state index is 12.4. The molecule has 2 heterocycles. The van der Waals surface area contributed by atoms with Gasteiger partial charge >= 0.3 is 5.69 Å². The van der Waals surface area contributed by atoms with E-state index in [1.807, 2.05) is 51.1 Å². The van der Waals surface area contributed by atoms with Crippen molar-refractivity contribution in [1.82, 2.24) is 14.5 Å². The molecule has 0 saturated carbocycles. The van der Waals surface area contributed by atoms with Crippen molar-refractivity contribution >= 4 is 11.5 Å². The van der Waals surface area contributed by atoms with Crippen LogP contribution in [-0.4, -0.2) is 21.6 Å². The Morgan fingerprint density at radius 1 is 1.21 bits per heavy atom. The zero-order chi connectivity index (χ0) is 20.5. The third-order valence-electron chi connectivity index (χ3n) is 4.44. The van der Waals surface area contributed by atoms with Gasteiger partial charge < -0.3 is 15.1 Å². The number of nitrogens with two attached hydrogens (primary N) is 1. The van der Waals surface area contributed by atoms with Gasteiger partial charge in [0, 0.05) is 12.5 Å². The first-order chi connectivity index (χ1) is 13.2. The summed E-state index contributed by atoms with van der Waals surface area (Å²) >= 11 is 0. The third kappa shape index (κ3) is 4.00. The minimum atomic E-state index is -0.547. The molecule has 28 heavy (non-hydrogen) atoms. The average Bonchev–Trinajstić information content (AvgIpc) is 3.08. The summed E-state index contributed by atoms with van der Waals surface area (Å²) in [5.74, 6) is 1.32. The standard InChI is InChI=1S/C20H25N5O3/c1-20(2,3)14-10-22-15(28-14)12-24(4)16-17(21)25(19(27)23-18(16)26)11-13-8-6-5-7-9-13/h5-10H,11-12,21H2,1-4H3,(H,23,26,27). The molecule has 0 unspecified atom stereocenters. The normalized spacial score (nSPS) is 11.6. The molecule has 8 nitrogen and oxygen atoms in total. The molecular formula is C20H25N5O3. The fourth-order valence-electron chi connectivity index (χ4n) is 2.88. The van der Waals surface area contributed by atoms with Gasteiger partial charge in [-0.1, -0.05) is 51.1 Å². The summed E-state index contributed by atoms with van der Waals surface area (Å²) in [7, 11) is 1.71. The first kappa shape index (κ1) is 19.5. The number of nitrogens with one attached hydrogen (secondary N) is 1. The van der Waals surface area contributed by atoms with Crippen molar-refractivity contribution in [2.75, 3.05) is 17.7 Å². The molecule has 0 saturated heterocycles. The van der Waals surface area contributed by atoms with Gasteiger partial charge in [0.25, 0.3) is 5.56 Å². The number of benzene rings is 1. The van der Waals surface area contributed by atoms with Gasteiger partial charge in [-0.15, -0.1) is 0 Å². The summed E-state index contributed by atoms with van der Waals surface area (Å²) in [4.78, 5) is 33.0. The number of nitrogen functional groups attached to an aromatic ring is 1. The molecule has 3 N–H and O–H groups in total. The summed E-state index contributed by atoms with van der Waals surface area (Å²) in [5.41, 5.74) is 6.06. The van der Waals surface area contributed by atoms with E-state index < -0.39 is 11.2 Å². The lowest BCUT2D eigenvalue weighted by Gasteiger charge is -2.20. The highest BCUT2D eigenvalue weighted by Crippen LogP contribution is 2.24. The molecule has 2 aromatic heterocycles. The van der Waals surface area contributed by atoms with E-state index in [0.717, 1.165) is 11.3 Å². The first-order valence-electron chi connectivity index (χ1n) is 8.99. The third-order valence-corrected chi connectivity index (χ3v) is 4.44. The fourth-order valence-corrected chi connectivity index (χ4v) is 2.88. The number of H-pyrrole nitrogens is 1. The van der Waals surface area contributed by atoms with Crippen molar-refractivity contribution < 1.29 is 4.42 Å². The Balaban J connectivity index is 1.92. The van der Waals surface area contributed by atoms with Crippen LogP contribution in [0.2, 0.25) is 0 Å². The Morgan fingerprint density at radius 2 is 1.89 bits per heavy atom. The van der Waals surface area contributed by atoms with Crippen LogP contribution in [0, 0.1) is 0 Å².